The molecule has 2 heterocycles. The van der Waals surface area contributed by atoms with Crippen LogP contribution in [0.5, 0.6) is 0 Å². The van der Waals surface area contributed by atoms with Crippen LogP contribution in [0.25, 0.3) is 10.9 Å². The summed E-state index contributed by atoms with van der Waals surface area (Å²) < 4.78 is 1.37. The van der Waals surface area contributed by atoms with E-state index < -0.39 is 17.8 Å². The molecule has 2 aromatic carbocycles. The third-order valence-corrected chi connectivity index (χ3v) is 6.37. The van der Waals surface area contributed by atoms with Gasteiger partial charge in [0, 0.05) is 22.8 Å². The molecule has 40 heavy (non-hydrogen) atoms. The van der Waals surface area contributed by atoms with E-state index in [-0.39, 0.29) is 41.7 Å². The number of hydrogen-bond donors (Lipinski definition) is 4. The number of amides is 5. The maximum atomic E-state index is 13.3. The van der Waals surface area contributed by atoms with E-state index >= 15 is 0 Å². The number of urea groups is 1. The molecule has 0 spiro atoms. The smallest absolute Gasteiger partial charge is 0.323 e. The lowest BCUT2D eigenvalue weighted by atomic mass is 10.2. The largest absolute Gasteiger partial charge is 0.364 e. The number of primary amides is 1. The number of benzene rings is 2. The second kappa shape index (κ2) is 11.4. The summed E-state index contributed by atoms with van der Waals surface area (Å²) in [5, 5.41) is 13.0. The normalized spacial score (nSPS) is 12.5. The van der Waals surface area contributed by atoms with Gasteiger partial charge < -0.3 is 26.6 Å². The summed E-state index contributed by atoms with van der Waals surface area (Å²) in [5.41, 5.74) is 7.01. The quantitative estimate of drug-likeness (QED) is 0.229. The third kappa shape index (κ3) is 6.35. The molecule has 1 aliphatic carbocycles. The Bertz CT molecular complexity index is 1600. The summed E-state index contributed by atoms with van der Waals surface area (Å²) in [6.45, 7) is -0.394. The summed E-state index contributed by atoms with van der Waals surface area (Å²) in [7, 11) is 0. The van der Waals surface area contributed by atoms with E-state index in [1.807, 2.05) is 6.07 Å². The maximum absolute atomic E-state index is 13.3. The van der Waals surface area contributed by atoms with E-state index in [2.05, 4.69) is 26.0 Å². The average Bonchev–Trinajstić information content (AvgIpc) is 3.69. The van der Waals surface area contributed by atoms with Crippen molar-refractivity contribution in [2.45, 2.75) is 25.4 Å². The van der Waals surface area contributed by atoms with Gasteiger partial charge in [0.2, 0.25) is 11.8 Å². The van der Waals surface area contributed by atoms with Gasteiger partial charge in [0.1, 0.15) is 24.1 Å². The Morgan fingerprint density at radius 1 is 0.950 bits per heavy atom. The SMILES string of the molecule is NC(=O)c1nn(CC(=O)N(CC(=O)Nc2cccc(Cl)n2)C2CC2)c2ccc(NC(=O)Nc3ccccc3)cc12. The molecule has 1 aliphatic rings. The number of nitrogens with one attached hydrogen (secondary N) is 3. The second-order valence-corrected chi connectivity index (χ2v) is 9.58. The number of fused-ring (bicyclic) bond motifs is 1. The Balaban J connectivity index is 1.31. The summed E-state index contributed by atoms with van der Waals surface area (Å²) in [6, 6.07) is 18.1. The van der Waals surface area contributed by atoms with Gasteiger partial charge in [0.15, 0.2) is 5.69 Å². The molecule has 5 rings (SSSR count). The van der Waals surface area contributed by atoms with Crippen molar-refractivity contribution in [2.24, 2.45) is 5.73 Å². The Kier molecular flexibility index (Phi) is 7.60. The fourth-order valence-electron chi connectivity index (χ4n) is 4.22. The number of nitrogens with two attached hydrogens (primary N) is 1. The maximum Gasteiger partial charge on any atom is 0.323 e. The lowest BCUT2D eigenvalue weighted by Gasteiger charge is -2.22. The summed E-state index contributed by atoms with van der Waals surface area (Å²) in [5.74, 6) is -1.26. The van der Waals surface area contributed by atoms with Crippen LogP contribution >= 0.6 is 11.6 Å². The Morgan fingerprint density at radius 2 is 1.70 bits per heavy atom. The predicted molar refractivity (Wildman–Crippen MR) is 150 cm³/mol. The minimum atomic E-state index is -0.783. The predicted octanol–water partition coefficient (Wildman–Crippen LogP) is 3.46. The van der Waals surface area contributed by atoms with Gasteiger partial charge in [-0.1, -0.05) is 35.9 Å². The molecule has 12 nitrogen and oxygen atoms in total. The van der Waals surface area contributed by atoms with Gasteiger partial charge in [-0.05, 0) is 55.3 Å². The number of halogens is 1. The lowest BCUT2D eigenvalue weighted by molar-refractivity contribution is -0.135. The molecule has 5 N–H and O–H groups in total. The number of carbonyl (C=O) groups excluding carboxylic acids is 4. The number of hydrogen-bond acceptors (Lipinski definition) is 6. The van der Waals surface area contributed by atoms with E-state index in [0.717, 1.165) is 12.8 Å². The molecular weight excluding hydrogens is 536 g/mol. The standard InChI is InChI=1S/C27H25ClN8O4/c28-21-7-4-8-22(32-21)33-23(37)14-35(18-10-11-18)24(38)15-36-20-12-9-17(13-19(20)25(34-36)26(29)39)31-27(40)30-16-5-2-1-3-6-16/h1-9,12-13,18H,10-11,14-15H2,(H2,29,39)(H2,30,31,40)(H,32,33,37). The zero-order valence-electron chi connectivity index (χ0n) is 21.1. The number of para-hydroxylation sites is 1. The van der Waals surface area contributed by atoms with Crippen molar-refractivity contribution >= 4 is 63.4 Å². The summed E-state index contributed by atoms with van der Waals surface area (Å²) in [4.78, 5) is 56.1. The van der Waals surface area contributed by atoms with Crippen molar-refractivity contribution in [1.82, 2.24) is 19.7 Å². The highest BCUT2D eigenvalue weighted by atomic mass is 35.5. The van der Waals surface area contributed by atoms with Crippen LogP contribution in [0.1, 0.15) is 23.3 Å². The summed E-state index contributed by atoms with van der Waals surface area (Å²) >= 11 is 5.88. The fraction of sp³-hybridized carbons (Fsp3) is 0.185. The Morgan fingerprint density at radius 3 is 2.40 bits per heavy atom. The highest BCUT2D eigenvalue weighted by molar-refractivity contribution is 6.29. The van der Waals surface area contributed by atoms with Gasteiger partial charge in [0.05, 0.1) is 5.52 Å². The first-order valence-electron chi connectivity index (χ1n) is 12.4. The molecule has 4 aromatic rings. The molecule has 0 bridgehead atoms. The van der Waals surface area contributed by atoms with Gasteiger partial charge in [-0.15, -0.1) is 0 Å². The minimum absolute atomic E-state index is 0.0438. The topological polar surface area (TPSA) is 164 Å². The Hall–Kier alpha value is -4.97. The van der Waals surface area contributed by atoms with Crippen molar-refractivity contribution in [3.63, 3.8) is 0 Å². The van der Waals surface area contributed by atoms with Gasteiger partial charge in [-0.2, -0.15) is 5.10 Å². The highest BCUT2D eigenvalue weighted by Gasteiger charge is 2.34. The van der Waals surface area contributed by atoms with Crippen LogP contribution in [0.3, 0.4) is 0 Å². The monoisotopic (exact) mass is 560 g/mol. The number of rotatable bonds is 9. The van der Waals surface area contributed by atoms with Crippen LogP contribution in [-0.4, -0.2) is 56.0 Å². The molecule has 5 amide bonds. The van der Waals surface area contributed by atoms with Crippen LogP contribution in [0.15, 0.2) is 66.7 Å². The molecular formula is C27H25ClN8O4. The van der Waals surface area contributed by atoms with Crippen molar-refractivity contribution < 1.29 is 19.2 Å². The van der Waals surface area contributed by atoms with E-state index in [9.17, 15) is 19.2 Å². The molecule has 0 aliphatic heterocycles. The zero-order chi connectivity index (χ0) is 28.2. The first kappa shape index (κ1) is 26.6. The van der Waals surface area contributed by atoms with Crippen molar-refractivity contribution in [3.8, 4) is 0 Å². The second-order valence-electron chi connectivity index (χ2n) is 9.19. The van der Waals surface area contributed by atoms with Gasteiger partial charge in [-0.25, -0.2) is 9.78 Å². The van der Waals surface area contributed by atoms with E-state index in [4.69, 9.17) is 17.3 Å². The lowest BCUT2D eigenvalue weighted by Crippen LogP contribution is -2.41. The van der Waals surface area contributed by atoms with Crippen LogP contribution in [0.2, 0.25) is 5.15 Å². The average molecular weight is 561 g/mol. The van der Waals surface area contributed by atoms with Crippen LogP contribution in [0.4, 0.5) is 22.0 Å². The van der Waals surface area contributed by atoms with Gasteiger partial charge in [-0.3, -0.25) is 19.1 Å². The first-order chi connectivity index (χ1) is 19.3. The number of pyridine rings is 1. The number of carbonyl (C=O) groups is 4. The van der Waals surface area contributed by atoms with E-state index in [0.29, 0.717) is 22.3 Å². The molecule has 1 saturated carbocycles. The molecule has 204 valence electrons. The first-order valence-corrected chi connectivity index (χ1v) is 12.8. The van der Waals surface area contributed by atoms with Gasteiger partial charge >= 0.3 is 6.03 Å². The molecule has 1 fully saturated rings. The van der Waals surface area contributed by atoms with Crippen LogP contribution in [-0.2, 0) is 16.1 Å². The van der Waals surface area contributed by atoms with Crippen molar-refractivity contribution in [3.05, 3.63) is 77.6 Å². The highest BCUT2D eigenvalue weighted by Crippen LogP contribution is 2.28. The summed E-state index contributed by atoms with van der Waals surface area (Å²) in [6.07, 6.45) is 1.56. The Labute approximate surface area is 233 Å². The molecule has 0 unspecified atom stereocenters. The van der Waals surface area contributed by atoms with E-state index in [1.165, 1.54) is 9.58 Å². The van der Waals surface area contributed by atoms with Crippen molar-refractivity contribution in [1.29, 1.82) is 0 Å². The molecule has 2 aromatic heterocycles. The van der Waals surface area contributed by atoms with Crippen LogP contribution < -0.4 is 21.7 Å². The minimum Gasteiger partial charge on any atom is -0.364 e. The van der Waals surface area contributed by atoms with Gasteiger partial charge in [0.25, 0.3) is 5.91 Å². The van der Waals surface area contributed by atoms with Crippen molar-refractivity contribution in [2.75, 3.05) is 22.5 Å². The molecule has 0 atom stereocenters. The third-order valence-electron chi connectivity index (χ3n) is 6.16. The fourth-order valence-corrected chi connectivity index (χ4v) is 4.38. The number of anilines is 3. The zero-order valence-corrected chi connectivity index (χ0v) is 21.9. The van der Waals surface area contributed by atoms with Crippen LogP contribution in [0, 0.1) is 0 Å². The molecule has 0 radical (unpaired) electrons. The number of nitrogens with zero attached hydrogens (tertiary/aromatic N) is 4. The van der Waals surface area contributed by atoms with E-state index in [1.54, 1.807) is 60.7 Å². The molecule has 0 saturated heterocycles. The number of aromatic nitrogens is 3. The molecule has 13 heteroatoms.